The molecule has 2 heterocycles. The molecule has 0 fully saturated rings. The molecule has 1 unspecified atom stereocenters. The molecule has 4 nitrogen and oxygen atoms in total. The Morgan fingerprint density at radius 2 is 2.05 bits per heavy atom. The van der Waals surface area contributed by atoms with Gasteiger partial charge in [0.1, 0.15) is 5.01 Å². The molecular weight excluding hydrogens is 272 g/mol. The molecule has 0 bridgehead atoms. The van der Waals surface area contributed by atoms with Crippen LogP contribution in [0.1, 0.15) is 17.5 Å². The van der Waals surface area contributed by atoms with Crippen LogP contribution in [-0.2, 0) is 13.0 Å². The van der Waals surface area contributed by atoms with Crippen molar-refractivity contribution in [1.82, 2.24) is 10.3 Å². The van der Waals surface area contributed by atoms with Crippen molar-refractivity contribution in [2.24, 2.45) is 0 Å². The zero-order valence-electron chi connectivity index (χ0n) is 11.9. The molecule has 20 heavy (non-hydrogen) atoms. The van der Waals surface area contributed by atoms with Crippen LogP contribution in [0, 0.1) is 0 Å². The zero-order valence-corrected chi connectivity index (χ0v) is 12.7. The maximum Gasteiger partial charge on any atom is 0.161 e. The lowest BCUT2D eigenvalue weighted by atomic mass is 10.1. The Labute approximate surface area is 122 Å². The number of fused-ring (bicyclic) bond motifs is 1. The number of nitrogens with one attached hydrogen (secondary N) is 1. The average Bonchev–Trinajstić information content (AvgIpc) is 2.89. The fraction of sp³-hybridized carbons (Fsp3) is 0.400. The fourth-order valence-electron chi connectivity index (χ4n) is 2.40. The summed E-state index contributed by atoms with van der Waals surface area (Å²) in [5, 5.41) is 4.52. The molecule has 1 aromatic heterocycles. The van der Waals surface area contributed by atoms with Crippen molar-refractivity contribution in [2.45, 2.75) is 25.9 Å². The van der Waals surface area contributed by atoms with Gasteiger partial charge >= 0.3 is 0 Å². The van der Waals surface area contributed by atoms with E-state index in [1.807, 2.05) is 18.2 Å². The van der Waals surface area contributed by atoms with Gasteiger partial charge in [0.25, 0.3) is 0 Å². The minimum Gasteiger partial charge on any atom is -0.493 e. The van der Waals surface area contributed by atoms with Gasteiger partial charge in [-0.15, -0.1) is 11.3 Å². The number of aromatic nitrogens is 1. The van der Waals surface area contributed by atoms with Crippen LogP contribution in [0.2, 0.25) is 0 Å². The van der Waals surface area contributed by atoms with Gasteiger partial charge in [0.2, 0.25) is 0 Å². The van der Waals surface area contributed by atoms with Crippen LogP contribution in [0.4, 0.5) is 0 Å². The van der Waals surface area contributed by atoms with Crippen molar-refractivity contribution < 1.29 is 9.47 Å². The molecule has 0 amide bonds. The second-order valence-corrected chi connectivity index (χ2v) is 6.03. The lowest BCUT2D eigenvalue weighted by Crippen LogP contribution is -2.32. The summed E-state index contributed by atoms with van der Waals surface area (Å²) in [5.41, 5.74) is 2.31. The van der Waals surface area contributed by atoms with E-state index >= 15 is 0 Å². The fourth-order valence-corrected chi connectivity index (χ4v) is 3.44. The largest absolute Gasteiger partial charge is 0.493 e. The smallest absolute Gasteiger partial charge is 0.161 e. The molecule has 106 valence electrons. The molecular formula is C15H18N2O2S. The number of hydrogen-bond donors (Lipinski definition) is 1. The number of nitrogens with zero attached hydrogens (tertiary/aromatic N) is 1. The maximum atomic E-state index is 5.36. The highest BCUT2D eigenvalue weighted by molar-refractivity contribution is 7.15. The molecule has 3 rings (SSSR count). The van der Waals surface area contributed by atoms with Crippen LogP contribution in [0.3, 0.4) is 0 Å². The van der Waals surface area contributed by atoms with Crippen LogP contribution < -0.4 is 14.8 Å². The third-order valence-corrected chi connectivity index (χ3v) is 4.67. The van der Waals surface area contributed by atoms with Crippen molar-refractivity contribution in [2.75, 3.05) is 14.2 Å². The molecule has 1 aliphatic rings. The molecule has 5 heteroatoms. The first-order chi connectivity index (χ1) is 9.71. The van der Waals surface area contributed by atoms with Crippen molar-refractivity contribution in [3.63, 3.8) is 0 Å². The summed E-state index contributed by atoms with van der Waals surface area (Å²) in [4.78, 5) is 6.13. The Bertz CT molecular complexity index is 624. The van der Waals surface area contributed by atoms with Crippen molar-refractivity contribution >= 4 is 11.3 Å². The van der Waals surface area contributed by atoms with Gasteiger partial charge in [0.15, 0.2) is 11.5 Å². The number of rotatable bonds is 3. The predicted molar refractivity (Wildman–Crippen MR) is 80.7 cm³/mol. The summed E-state index contributed by atoms with van der Waals surface area (Å²) >= 11 is 1.75. The molecule has 0 spiro atoms. The Hall–Kier alpha value is -1.59. The molecule has 0 radical (unpaired) electrons. The van der Waals surface area contributed by atoms with Gasteiger partial charge < -0.3 is 14.8 Å². The molecule has 1 aliphatic heterocycles. The second kappa shape index (κ2) is 5.42. The van der Waals surface area contributed by atoms with Gasteiger partial charge in [0.05, 0.1) is 19.9 Å². The molecule has 2 aromatic rings. The van der Waals surface area contributed by atoms with E-state index < -0.39 is 0 Å². The van der Waals surface area contributed by atoms with Gasteiger partial charge in [-0.3, -0.25) is 0 Å². The maximum absolute atomic E-state index is 5.36. The van der Waals surface area contributed by atoms with Gasteiger partial charge in [0, 0.05) is 29.4 Å². The summed E-state index contributed by atoms with van der Waals surface area (Å²) < 4.78 is 10.6. The predicted octanol–water partition coefficient (Wildman–Crippen LogP) is 2.86. The number of benzene rings is 1. The topological polar surface area (TPSA) is 43.4 Å². The summed E-state index contributed by atoms with van der Waals surface area (Å²) in [5.74, 6) is 1.48. The number of methoxy groups -OCH3 is 2. The molecule has 0 saturated carbocycles. The minimum absolute atomic E-state index is 0.503. The molecule has 0 aliphatic carbocycles. The van der Waals surface area contributed by atoms with E-state index in [4.69, 9.17) is 14.5 Å². The van der Waals surface area contributed by atoms with Gasteiger partial charge in [-0.1, -0.05) is 0 Å². The monoisotopic (exact) mass is 290 g/mol. The van der Waals surface area contributed by atoms with E-state index in [-0.39, 0.29) is 0 Å². The lowest BCUT2D eigenvalue weighted by molar-refractivity contribution is 0.355. The SMILES string of the molecule is COc1ccc(-c2nc3c(s2)CNC(C)C3)cc1OC. The minimum atomic E-state index is 0.503. The van der Waals surface area contributed by atoms with Crippen LogP contribution in [0.25, 0.3) is 10.6 Å². The summed E-state index contributed by atoms with van der Waals surface area (Å²) in [6.45, 7) is 3.11. The normalized spacial score (nSPS) is 17.6. The van der Waals surface area contributed by atoms with Gasteiger partial charge in [-0.25, -0.2) is 4.98 Å². The molecule has 0 saturated heterocycles. The first-order valence-electron chi connectivity index (χ1n) is 6.65. The van der Waals surface area contributed by atoms with Crippen molar-refractivity contribution in [3.8, 4) is 22.1 Å². The summed E-state index contributed by atoms with van der Waals surface area (Å²) in [7, 11) is 3.30. The molecule has 1 N–H and O–H groups in total. The quantitative estimate of drug-likeness (QED) is 0.944. The average molecular weight is 290 g/mol. The van der Waals surface area contributed by atoms with E-state index in [9.17, 15) is 0 Å². The Balaban J connectivity index is 1.97. The van der Waals surface area contributed by atoms with Gasteiger partial charge in [-0.2, -0.15) is 0 Å². The van der Waals surface area contributed by atoms with E-state index in [1.54, 1.807) is 25.6 Å². The third-order valence-electron chi connectivity index (χ3n) is 3.52. The summed E-state index contributed by atoms with van der Waals surface area (Å²) in [6.07, 6.45) is 0.999. The van der Waals surface area contributed by atoms with Crippen LogP contribution in [-0.4, -0.2) is 25.2 Å². The summed E-state index contributed by atoms with van der Waals surface area (Å²) in [6, 6.07) is 6.45. The lowest BCUT2D eigenvalue weighted by Gasteiger charge is -2.18. The van der Waals surface area contributed by atoms with E-state index in [0.717, 1.165) is 35.0 Å². The first-order valence-corrected chi connectivity index (χ1v) is 7.47. The van der Waals surface area contributed by atoms with Crippen LogP contribution in [0.5, 0.6) is 11.5 Å². The highest BCUT2D eigenvalue weighted by Crippen LogP contribution is 2.35. The Morgan fingerprint density at radius 1 is 1.25 bits per heavy atom. The highest BCUT2D eigenvalue weighted by atomic mass is 32.1. The van der Waals surface area contributed by atoms with E-state index in [2.05, 4.69) is 12.2 Å². The Kier molecular flexibility index (Phi) is 3.63. The molecule has 1 atom stereocenters. The first kappa shape index (κ1) is 13.4. The van der Waals surface area contributed by atoms with E-state index in [0.29, 0.717) is 6.04 Å². The zero-order chi connectivity index (χ0) is 14.1. The van der Waals surface area contributed by atoms with Crippen LogP contribution in [0.15, 0.2) is 18.2 Å². The number of thiazole rings is 1. The van der Waals surface area contributed by atoms with Gasteiger partial charge in [-0.05, 0) is 25.1 Å². The number of ether oxygens (including phenoxy) is 2. The van der Waals surface area contributed by atoms with Crippen molar-refractivity contribution in [1.29, 1.82) is 0 Å². The van der Waals surface area contributed by atoms with Crippen molar-refractivity contribution in [3.05, 3.63) is 28.8 Å². The number of hydrogen-bond acceptors (Lipinski definition) is 5. The third kappa shape index (κ3) is 2.39. The van der Waals surface area contributed by atoms with E-state index in [1.165, 1.54) is 10.6 Å². The van der Waals surface area contributed by atoms with Crippen LogP contribution >= 0.6 is 11.3 Å². The Morgan fingerprint density at radius 3 is 2.80 bits per heavy atom. The highest BCUT2D eigenvalue weighted by Gasteiger charge is 2.20. The molecule has 1 aromatic carbocycles. The second-order valence-electron chi connectivity index (χ2n) is 4.94. The standard InChI is InChI=1S/C15H18N2O2S/c1-9-6-11-14(8-16-9)20-15(17-11)10-4-5-12(18-2)13(7-10)19-3/h4-5,7,9,16H,6,8H2,1-3H3.